The van der Waals surface area contributed by atoms with Crippen molar-refractivity contribution in [3.05, 3.63) is 42.1 Å². The number of carbonyl (C=O) groups excluding carboxylic acids is 1. The van der Waals surface area contributed by atoms with Crippen molar-refractivity contribution in [3.8, 4) is 5.75 Å². The minimum absolute atomic E-state index is 0.129. The second-order valence-electron chi connectivity index (χ2n) is 6.23. The minimum atomic E-state index is -0.276. The highest BCUT2D eigenvalue weighted by molar-refractivity contribution is 6.02. The molecule has 1 amide bonds. The van der Waals surface area contributed by atoms with Gasteiger partial charge in [-0.25, -0.2) is 0 Å². The van der Waals surface area contributed by atoms with Crippen molar-refractivity contribution in [3.63, 3.8) is 0 Å². The van der Waals surface area contributed by atoms with Crippen LogP contribution in [-0.2, 0) is 4.74 Å². The van der Waals surface area contributed by atoms with E-state index in [1.165, 1.54) is 12.8 Å². The third kappa shape index (κ3) is 3.71. The van der Waals surface area contributed by atoms with Crippen LogP contribution in [0.3, 0.4) is 0 Å². The molecule has 1 N–H and O–H groups in total. The predicted octanol–water partition coefficient (Wildman–Crippen LogP) is 2.11. The molecule has 2 saturated heterocycles. The SMILES string of the molecule is O=C(Nc1ccc(OC2COC2)cc1)c1ccc(N2CCCC2)nn1. The largest absolute Gasteiger partial charge is 0.486 e. The van der Waals surface area contributed by atoms with Crippen LogP contribution < -0.4 is 15.0 Å². The predicted molar refractivity (Wildman–Crippen MR) is 93.1 cm³/mol. The molecule has 0 saturated carbocycles. The first-order chi connectivity index (χ1) is 12.3. The number of hydrogen-bond acceptors (Lipinski definition) is 6. The standard InChI is InChI=1S/C18H20N4O3/c23-18(16-7-8-17(21-20-16)22-9-1-2-10-22)19-13-3-5-14(6-4-13)25-15-11-24-12-15/h3-8,15H,1-2,9-12H2,(H,19,23). The third-order valence-corrected chi connectivity index (χ3v) is 4.34. The first kappa shape index (κ1) is 15.8. The summed E-state index contributed by atoms with van der Waals surface area (Å²) in [7, 11) is 0. The van der Waals surface area contributed by atoms with Gasteiger partial charge in [0.2, 0.25) is 0 Å². The fraction of sp³-hybridized carbons (Fsp3) is 0.389. The second kappa shape index (κ2) is 7.06. The Morgan fingerprint density at radius 1 is 1.08 bits per heavy atom. The van der Waals surface area contributed by atoms with Gasteiger partial charge in [0.1, 0.15) is 11.9 Å². The zero-order valence-corrected chi connectivity index (χ0v) is 13.9. The van der Waals surface area contributed by atoms with Crippen LogP contribution in [0.5, 0.6) is 5.75 Å². The quantitative estimate of drug-likeness (QED) is 0.898. The molecule has 0 bridgehead atoms. The van der Waals surface area contributed by atoms with Gasteiger partial charge in [-0.1, -0.05) is 0 Å². The van der Waals surface area contributed by atoms with E-state index in [0.717, 1.165) is 24.7 Å². The van der Waals surface area contributed by atoms with E-state index in [2.05, 4.69) is 20.4 Å². The van der Waals surface area contributed by atoms with Crippen LogP contribution in [0.4, 0.5) is 11.5 Å². The molecule has 0 aliphatic carbocycles. The van der Waals surface area contributed by atoms with Crippen molar-refractivity contribution in [2.24, 2.45) is 0 Å². The van der Waals surface area contributed by atoms with E-state index in [4.69, 9.17) is 9.47 Å². The zero-order chi connectivity index (χ0) is 17.1. The molecule has 1 aromatic heterocycles. The maximum absolute atomic E-state index is 12.3. The van der Waals surface area contributed by atoms with Crippen molar-refractivity contribution >= 4 is 17.4 Å². The molecule has 130 valence electrons. The molecule has 2 aromatic rings. The molecule has 1 aromatic carbocycles. The van der Waals surface area contributed by atoms with Gasteiger partial charge in [0.05, 0.1) is 13.2 Å². The zero-order valence-electron chi connectivity index (χ0n) is 13.9. The van der Waals surface area contributed by atoms with Crippen LogP contribution in [0.2, 0.25) is 0 Å². The molecule has 2 aliphatic heterocycles. The summed E-state index contributed by atoms with van der Waals surface area (Å²) < 4.78 is 10.8. The fourth-order valence-corrected chi connectivity index (χ4v) is 2.85. The monoisotopic (exact) mass is 340 g/mol. The van der Waals surface area contributed by atoms with E-state index in [9.17, 15) is 4.79 Å². The Morgan fingerprint density at radius 3 is 2.44 bits per heavy atom. The van der Waals surface area contributed by atoms with E-state index < -0.39 is 0 Å². The van der Waals surface area contributed by atoms with Crippen LogP contribution in [0.1, 0.15) is 23.3 Å². The Hall–Kier alpha value is -2.67. The first-order valence-corrected chi connectivity index (χ1v) is 8.52. The molecule has 0 radical (unpaired) electrons. The number of nitrogens with zero attached hydrogens (tertiary/aromatic N) is 3. The summed E-state index contributed by atoms with van der Waals surface area (Å²) >= 11 is 0. The van der Waals surface area contributed by atoms with Crippen LogP contribution in [-0.4, -0.2) is 48.5 Å². The maximum Gasteiger partial charge on any atom is 0.276 e. The fourth-order valence-electron chi connectivity index (χ4n) is 2.85. The van der Waals surface area contributed by atoms with Gasteiger partial charge in [0, 0.05) is 18.8 Å². The van der Waals surface area contributed by atoms with Gasteiger partial charge in [-0.3, -0.25) is 4.79 Å². The molecule has 0 spiro atoms. The van der Waals surface area contributed by atoms with Crippen molar-refractivity contribution in [1.82, 2.24) is 10.2 Å². The molecule has 7 heteroatoms. The van der Waals surface area contributed by atoms with Gasteiger partial charge in [0.15, 0.2) is 11.5 Å². The second-order valence-corrected chi connectivity index (χ2v) is 6.23. The summed E-state index contributed by atoms with van der Waals surface area (Å²) in [5, 5.41) is 11.0. The van der Waals surface area contributed by atoms with Crippen molar-refractivity contribution in [1.29, 1.82) is 0 Å². The topological polar surface area (TPSA) is 76.6 Å². The van der Waals surface area contributed by atoms with Crippen LogP contribution in [0, 0.1) is 0 Å². The van der Waals surface area contributed by atoms with Crippen molar-refractivity contribution in [2.45, 2.75) is 18.9 Å². The number of benzene rings is 1. The van der Waals surface area contributed by atoms with Gasteiger partial charge >= 0.3 is 0 Å². The lowest BCUT2D eigenvalue weighted by atomic mass is 10.2. The van der Waals surface area contributed by atoms with E-state index in [-0.39, 0.29) is 12.0 Å². The summed E-state index contributed by atoms with van der Waals surface area (Å²) in [6.45, 7) is 3.26. The number of hydrogen-bond donors (Lipinski definition) is 1. The number of rotatable bonds is 5. The summed E-state index contributed by atoms with van der Waals surface area (Å²) in [6.07, 6.45) is 2.49. The average Bonchev–Trinajstić information content (AvgIpc) is 3.14. The highest BCUT2D eigenvalue weighted by Gasteiger charge is 2.20. The minimum Gasteiger partial charge on any atom is -0.486 e. The number of nitrogens with one attached hydrogen (secondary N) is 1. The van der Waals surface area contributed by atoms with E-state index in [1.54, 1.807) is 18.2 Å². The first-order valence-electron chi connectivity index (χ1n) is 8.52. The lowest BCUT2D eigenvalue weighted by Crippen LogP contribution is -2.38. The van der Waals surface area contributed by atoms with Gasteiger partial charge in [-0.05, 0) is 49.2 Å². The number of carbonyl (C=O) groups is 1. The van der Waals surface area contributed by atoms with E-state index >= 15 is 0 Å². The van der Waals surface area contributed by atoms with Crippen LogP contribution in [0.25, 0.3) is 0 Å². The Bertz CT molecular complexity index is 723. The van der Waals surface area contributed by atoms with Crippen molar-refractivity contribution < 1.29 is 14.3 Å². The van der Waals surface area contributed by atoms with Crippen LogP contribution >= 0.6 is 0 Å². The summed E-state index contributed by atoms with van der Waals surface area (Å²) in [4.78, 5) is 14.5. The molecule has 0 unspecified atom stereocenters. The smallest absolute Gasteiger partial charge is 0.276 e. The molecule has 3 heterocycles. The summed E-state index contributed by atoms with van der Waals surface area (Å²) in [5.41, 5.74) is 0.988. The van der Waals surface area contributed by atoms with Gasteiger partial charge in [0.25, 0.3) is 5.91 Å². The van der Waals surface area contributed by atoms with Gasteiger partial charge in [-0.15, -0.1) is 10.2 Å². The molecular weight excluding hydrogens is 320 g/mol. The average molecular weight is 340 g/mol. The molecular formula is C18H20N4O3. The van der Waals surface area contributed by atoms with E-state index in [0.29, 0.717) is 24.6 Å². The Morgan fingerprint density at radius 2 is 1.84 bits per heavy atom. The molecule has 4 rings (SSSR count). The Labute approximate surface area is 146 Å². The number of amides is 1. The summed E-state index contributed by atoms with van der Waals surface area (Å²) in [6, 6.07) is 10.8. The highest BCUT2D eigenvalue weighted by atomic mass is 16.6. The highest BCUT2D eigenvalue weighted by Crippen LogP contribution is 2.20. The normalized spacial score (nSPS) is 17.2. The van der Waals surface area contributed by atoms with Crippen LogP contribution in [0.15, 0.2) is 36.4 Å². The molecule has 2 fully saturated rings. The molecule has 25 heavy (non-hydrogen) atoms. The number of aromatic nitrogens is 2. The Kier molecular flexibility index (Phi) is 4.47. The lowest BCUT2D eigenvalue weighted by molar-refractivity contribution is -0.0796. The van der Waals surface area contributed by atoms with Crippen molar-refractivity contribution in [2.75, 3.05) is 36.5 Å². The summed E-state index contributed by atoms with van der Waals surface area (Å²) in [5.74, 6) is 1.32. The Balaban J connectivity index is 1.35. The lowest BCUT2D eigenvalue weighted by Gasteiger charge is -2.26. The molecule has 7 nitrogen and oxygen atoms in total. The molecule has 2 aliphatic rings. The number of ether oxygens (including phenoxy) is 2. The third-order valence-electron chi connectivity index (χ3n) is 4.34. The molecule has 0 atom stereocenters. The van der Waals surface area contributed by atoms with Gasteiger partial charge in [-0.2, -0.15) is 0 Å². The maximum atomic E-state index is 12.3. The number of anilines is 2. The van der Waals surface area contributed by atoms with Gasteiger partial charge < -0.3 is 19.7 Å². The van der Waals surface area contributed by atoms with E-state index in [1.807, 2.05) is 18.2 Å².